The maximum absolute atomic E-state index is 6.19. The molecule has 2 rings (SSSR count). The van der Waals surface area contributed by atoms with Gasteiger partial charge in [-0.05, 0) is 48.8 Å². The molecule has 2 aromatic rings. The Labute approximate surface area is 144 Å². The number of nitrogens with two attached hydrogens (primary N) is 1. The fourth-order valence-electron chi connectivity index (χ4n) is 2.33. The van der Waals surface area contributed by atoms with Crippen molar-refractivity contribution in [3.05, 3.63) is 16.6 Å². The van der Waals surface area contributed by atoms with Gasteiger partial charge in [0.25, 0.3) is 0 Å². The Morgan fingerprint density at radius 3 is 1.91 bits per heavy atom. The summed E-state index contributed by atoms with van der Waals surface area (Å²) in [7, 11) is 4.73. The lowest BCUT2D eigenvalue weighted by atomic mass is 10.1. The van der Waals surface area contributed by atoms with Crippen molar-refractivity contribution in [3.8, 4) is 28.5 Å². The zero-order valence-electron chi connectivity index (χ0n) is 14.2. The molecule has 0 bridgehead atoms. The first kappa shape index (κ1) is 17.5. The maximum Gasteiger partial charge on any atom is 0.203 e. The average molecular weight is 384 g/mol. The Balaban J connectivity index is 2.68. The summed E-state index contributed by atoms with van der Waals surface area (Å²) in [5.74, 6) is 2.25. The highest BCUT2D eigenvalue weighted by atomic mass is 79.9. The van der Waals surface area contributed by atoms with Gasteiger partial charge < -0.3 is 19.9 Å². The van der Waals surface area contributed by atoms with Gasteiger partial charge in [0.2, 0.25) is 5.75 Å². The number of halogens is 1. The van der Waals surface area contributed by atoms with E-state index in [0.717, 1.165) is 15.7 Å². The first-order chi connectivity index (χ1) is 10.7. The number of methoxy groups -OCH3 is 3. The summed E-state index contributed by atoms with van der Waals surface area (Å²) in [5.41, 5.74) is 7.50. The molecule has 126 valence electrons. The molecule has 2 N–H and O–H groups in total. The van der Waals surface area contributed by atoms with E-state index in [2.05, 4.69) is 21.0 Å². The highest BCUT2D eigenvalue weighted by molar-refractivity contribution is 9.10. The van der Waals surface area contributed by atoms with Crippen molar-refractivity contribution in [2.75, 3.05) is 27.1 Å². The van der Waals surface area contributed by atoms with E-state index in [0.29, 0.717) is 23.1 Å². The topological polar surface area (TPSA) is 71.5 Å². The maximum atomic E-state index is 6.19. The summed E-state index contributed by atoms with van der Waals surface area (Å²) in [5, 5.41) is 4.65. The second kappa shape index (κ2) is 6.31. The van der Waals surface area contributed by atoms with Crippen LogP contribution in [0.3, 0.4) is 0 Å². The predicted octanol–water partition coefficient (Wildman–Crippen LogP) is 3.68. The van der Waals surface area contributed by atoms with E-state index in [9.17, 15) is 0 Å². The lowest BCUT2D eigenvalue weighted by Gasteiger charge is -2.20. The number of benzene rings is 1. The van der Waals surface area contributed by atoms with Gasteiger partial charge in [0, 0.05) is 5.56 Å². The van der Waals surface area contributed by atoms with Gasteiger partial charge in [-0.25, -0.2) is 4.68 Å². The van der Waals surface area contributed by atoms with Crippen LogP contribution in [0, 0.1) is 0 Å². The van der Waals surface area contributed by atoms with Crippen LogP contribution in [-0.2, 0) is 5.54 Å². The molecule has 1 heterocycles. The third-order valence-corrected chi connectivity index (χ3v) is 4.22. The molecular weight excluding hydrogens is 362 g/mol. The molecule has 0 fully saturated rings. The van der Waals surface area contributed by atoms with Gasteiger partial charge in [0.15, 0.2) is 11.5 Å². The van der Waals surface area contributed by atoms with Gasteiger partial charge in [-0.1, -0.05) is 0 Å². The Kier molecular flexibility index (Phi) is 4.79. The van der Waals surface area contributed by atoms with E-state index in [4.69, 9.17) is 19.9 Å². The average Bonchev–Trinajstić information content (AvgIpc) is 2.81. The number of rotatable bonds is 4. The molecule has 0 saturated carbocycles. The summed E-state index contributed by atoms with van der Waals surface area (Å²) < 4.78 is 18.7. The largest absolute Gasteiger partial charge is 0.493 e. The Morgan fingerprint density at radius 1 is 1.04 bits per heavy atom. The smallest absolute Gasteiger partial charge is 0.203 e. The molecular formula is C16H22BrN3O3. The molecule has 0 aliphatic heterocycles. The van der Waals surface area contributed by atoms with Crippen LogP contribution in [0.25, 0.3) is 11.3 Å². The summed E-state index contributed by atoms with van der Waals surface area (Å²) in [4.78, 5) is 0. The van der Waals surface area contributed by atoms with Crippen molar-refractivity contribution < 1.29 is 14.2 Å². The Hall–Kier alpha value is -1.89. The Morgan fingerprint density at radius 2 is 1.57 bits per heavy atom. The van der Waals surface area contributed by atoms with Crippen molar-refractivity contribution in [2.45, 2.75) is 26.3 Å². The van der Waals surface area contributed by atoms with Gasteiger partial charge in [-0.3, -0.25) is 0 Å². The first-order valence-corrected chi connectivity index (χ1v) is 7.88. The lowest BCUT2D eigenvalue weighted by molar-refractivity contribution is 0.324. The zero-order valence-corrected chi connectivity index (χ0v) is 15.8. The molecule has 0 aliphatic carbocycles. The fourth-order valence-corrected chi connectivity index (χ4v) is 2.80. The minimum atomic E-state index is -0.231. The highest BCUT2D eigenvalue weighted by Crippen LogP contribution is 2.43. The van der Waals surface area contributed by atoms with Crippen LogP contribution in [0.5, 0.6) is 17.2 Å². The molecule has 7 heteroatoms. The van der Waals surface area contributed by atoms with Crippen molar-refractivity contribution in [2.24, 2.45) is 0 Å². The second-order valence-electron chi connectivity index (χ2n) is 6.04. The van der Waals surface area contributed by atoms with Crippen LogP contribution >= 0.6 is 15.9 Å². The molecule has 23 heavy (non-hydrogen) atoms. The minimum absolute atomic E-state index is 0.231. The van der Waals surface area contributed by atoms with Crippen molar-refractivity contribution in [1.82, 2.24) is 9.78 Å². The molecule has 0 radical (unpaired) electrons. The van der Waals surface area contributed by atoms with E-state index in [1.165, 1.54) is 0 Å². The number of nitrogens with zero attached hydrogens (tertiary/aromatic N) is 2. The third kappa shape index (κ3) is 3.10. The molecule has 0 aliphatic rings. The number of anilines is 1. The standard InChI is InChI=1S/C16H22BrN3O3/c1-16(2,3)20-15(18)12(17)13(19-20)9-7-10(21-4)14(23-6)11(8-9)22-5/h7-8H,18H2,1-6H3. The minimum Gasteiger partial charge on any atom is -0.493 e. The van der Waals surface area contributed by atoms with Crippen LogP contribution < -0.4 is 19.9 Å². The third-order valence-electron chi connectivity index (χ3n) is 3.43. The van der Waals surface area contributed by atoms with E-state index < -0.39 is 0 Å². The predicted molar refractivity (Wildman–Crippen MR) is 94.4 cm³/mol. The van der Waals surface area contributed by atoms with Crippen LogP contribution in [0.1, 0.15) is 20.8 Å². The highest BCUT2D eigenvalue weighted by Gasteiger charge is 2.24. The molecule has 0 spiro atoms. The summed E-state index contributed by atoms with van der Waals surface area (Å²) >= 11 is 3.54. The monoisotopic (exact) mass is 383 g/mol. The lowest BCUT2D eigenvalue weighted by Crippen LogP contribution is -2.24. The molecule has 0 unspecified atom stereocenters. The normalized spacial score (nSPS) is 11.4. The molecule has 6 nitrogen and oxygen atoms in total. The van der Waals surface area contributed by atoms with Crippen molar-refractivity contribution in [1.29, 1.82) is 0 Å². The van der Waals surface area contributed by atoms with Gasteiger partial charge in [-0.2, -0.15) is 5.10 Å². The van der Waals surface area contributed by atoms with Crippen LogP contribution in [-0.4, -0.2) is 31.1 Å². The van der Waals surface area contributed by atoms with Crippen molar-refractivity contribution >= 4 is 21.7 Å². The van der Waals surface area contributed by atoms with Gasteiger partial charge in [-0.15, -0.1) is 0 Å². The number of aromatic nitrogens is 2. The quantitative estimate of drug-likeness (QED) is 0.871. The van der Waals surface area contributed by atoms with E-state index in [1.54, 1.807) is 26.0 Å². The van der Waals surface area contributed by atoms with Crippen LogP contribution in [0.4, 0.5) is 5.82 Å². The van der Waals surface area contributed by atoms with E-state index in [1.807, 2.05) is 32.9 Å². The second-order valence-corrected chi connectivity index (χ2v) is 6.84. The van der Waals surface area contributed by atoms with E-state index >= 15 is 0 Å². The molecule has 1 aromatic heterocycles. The number of hydrogen-bond donors (Lipinski definition) is 1. The molecule has 0 amide bonds. The number of ether oxygens (including phenoxy) is 3. The van der Waals surface area contributed by atoms with E-state index in [-0.39, 0.29) is 5.54 Å². The van der Waals surface area contributed by atoms with Gasteiger partial charge in [0.05, 0.1) is 31.3 Å². The number of nitrogen functional groups attached to an aromatic ring is 1. The fraction of sp³-hybridized carbons (Fsp3) is 0.438. The summed E-state index contributed by atoms with van der Waals surface area (Å²) in [6, 6.07) is 3.70. The molecule has 1 aromatic carbocycles. The Bertz CT molecular complexity index is 695. The molecule has 0 saturated heterocycles. The SMILES string of the molecule is COc1cc(-c2nn(C(C)(C)C)c(N)c2Br)cc(OC)c1OC. The zero-order chi connectivity index (χ0) is 17.4. The van der Waals surface area contributed by atoms with Crippen LogP contribution in [0.2, 0.25) is 0 Å². The van der Waals surface area contributed by atoms with Crippen molar-refractivity contribution in [3.63, 3.8) is 0 Å². The van der Waals surface area contributed by atoms with Crippen LogP contribution in [0.15, 0.2) is 16.6 Å². The molecule has 0 atom stereocenters. The van der Waals surface area contributed by atoms with Gasteiger partial charge >= 0.3 is 0 Å². The number of hydrogen-bond acceptors (Lipinski definition) is 5. The summed E-state index contributed by atoms with van der Waals surface area (Å²) in [6.07, 6.45) is 0. The first-order valence-electron chi connectivity index (χ1n) is 7.09. The summed E-state index contributed by atoms with van der Waals surface area (Å²) in [6.45, 7) is 6.13. The van der Waals surface area contributed by atoms with Gasteiger partial charge in [0.1, 0.15) is 11.5 Å².